The minimum Gasteiger partial charge on any atom is -0.376 e. The van der Waals surface area contributed by atoms with Crippen molar-refractivity contribution in [3.8, 4) is 0 Å². The summed E-state index contributed by atoms with van der Waals surface area (Å²) in [6.07, 6.45) is 2.62. The van der Waals surface area contributed by atoms with Crippen LogP contribution in [0.15, 0.2) is 35.7 Å². The molecule has 0 atom stereocenters. The highest BCUT2D eigenvalue weighted by atomic mass is 32.1. The van der Waals surface area contributed by atoms with Crippen LogP contribution >= 0.6 is 11.3 Å². The van der Waals surface area contributed by atoms with E-state index >= 15 is 0 Å². The molecule has 1 saturated carbocycles. The molecule has 0 radical (unpaired) electrons. The number of rotatable bonds is 8. The first-order valence-electron chi connectivity index (χ1n) is 9.26. The molecule has 0 bridgehead atoms. The van der Waals surface area contributed by atoms with Crippen molar-refractivity contribution in [3.63, 3.8) is 0 Å². The summed E-state index contributed by atoms with van der Waals surface area (Å²) in [7, 11) is 0. The molecule has 1 aliphatic rings. The van der Waals surface area contributed by atoms with Crippen molar-refractivity contribution in [2.75, 3.05) is 23.7 Å². The zero-order chi connectivity index (χ0) is 19.9. The molecule has 0 saturated heterocycles. The van der Waals surface area contributed by atoms with E-state index in [0.717, 1.165) is 30.5 Å². The van der Waals surface area contributed by atoms with E-state index in [1.165, 1.54) is 4.88 Å². The molecule has 1 fully saturated rings. The van der Waals surface area contributed by atoms with Crippen molar-refractivity contribution in [1.29, 1.82) is 0 Å². The highest BCUT2D eigenvalue weighted by Gasteiger charge is 2.29. The summed E-state index contributed by atoms with van der Waals surface area (Å²) in [4.78, 5) is 36.8. The Balaban J connectivity index is 1.41. The summed E-state index contributed by atoms with van der Waals surface area (Å²) in [5.74, 6) is -0.269. The number of nitrogens with one attached hydrogen (secondary N) is 4. The van der Waals surface area contributed by atoms with Crippen LogP contribution in [0.1, 0.15) is 23.3 Å². The Morgan fingerprint density at radius 3 is 2.71 bits per heavy atom. The van der Waals surface area contributed by atoms with E-state index in [9.17, 15) is 14.4 Å². The Hall–Kier alpha value is -2.87. The molecule has 1 aliphatic carbocycles. The average molecular weight is 401 g/mol. The Bertz CT molecular complexity index is 847. The third-order valence-corrected chi connectivity index (χ3v) is 5.32. The lowest BCUT2D eigenvalue weighted by Crippen LogP contribution is -2.42. The number of imide groups is 1. The minimum absolute atomic E-state index is 0.0340. The summed E-state index contributed by atoms with van der Waals surface area (Å²) >= 11 is 1.63. The molecule has 7 nitrogen and oxygen atoms in total. The molecule has 8 heteroatoms. The van der Waals surface area contributed by atoms with Gasteiger partial charge in [-0.25, -0.2) is 4.79 Å². The number of hydrogen-bond donors (Lipinski definition) is 4. The maximum atomic E-state index is 12.0. The van der Waals surface area contributed by atoms with E-state index in [1.54, 1.807) is 17.4 Å². The van der Waals surface area contributed by atoms with Crippen LogP contribution in [0.25, 0.3) is 0 Å². The van der Waals surface area contributed by atoms with Gasteiger partial charge in [0, 0.05) is 28.7 Å². The third-order valence-electron chi connectivity index (χ3n) is 4.38. The van der Waals surface area contributed by atoms with Gasteiger partial charge >= 0.3 is 6.03 Å². The summed E-state index contributed by atoms with van der Waals surface area (Å²) in [6.45, 7) is 2.33. The van der Waals surface area contributed by atoms with E-state index in [2.05, 4.69) is 21.3 Å². The average Bonchev–Trinajstić information content (AvgIpc) is 3.39. The van der Waals surface area contributed by atoms with Gasteiger partial charge in [-0.3, -0.25) is 14.9 Å². The fourth-order valence-electron chi connectivity index (χ4n) is 2.62. The van der Waals surface area contributed by atoms with Gasteiger partial charge in [0.15, 0.2) is 0 Å². The lowest BCUT2D eigenvalue weighted by molar-refractivity contribution is -0.118. The molecule has 3 rings (SSSR count). The quantitative estimate of drug-likeness (QED) is 0.547. The second kappa shape index (κ2) is 9.36. The van der Waals surface area contributed by atoms with Crippen LogP contribution in [-0.4, -0.2) is 30.9 Å². The van der Waals surface area contributed by atoms with Gasteiger partial charge in [-0.2, -0.15) is 0 Å². The number of hydrogen-bond acceptors (Lipinski definition) is 5. The second-order valence-electron chi connectivity index (χ2n) is 6.78. The Kier molecular flexibility index (Phi) is 6.65. The monoisotopic (exact) mass is 400 g/mol. The highest BCUT2D eigenvalue weighted by Crippen LogP contribution is 2.30. The van der Waals surface area contributed by atoms with E-state index in [1.807, 2.05) is 36.6 Å². The molecular weight excluding hydrogens is 376 g/mol. The molecule has 28 heavy (non-hydrogen) atoms. The minimum atomic E-state index is -0.509. The molecule has 4 N–H and O–H groups in total. The number of amides is 4. The van der Waals surface area contributed by atoms with E-state index < -0.39 is 11.9 Å². The zero-order valence-electron chi connectivity index (χ0n) is 15.7. The highest BCUT2D eigenvalue weighted by molar-refractivity contribution is 7.09. The number of carbonyl (C=O) groups is 3. The molecule has 0 aliphatic heterocycles. The Morgan fingerprint density at radius 2 is 2.00 bits per heavy atom. The van der Waals surface area contributed by atoms with Gasteiger partial charge < -0.3 is 16.0 Å². The topological polar surface area (TPSA) is 99.3 Å². The normalized spacial score (nSPS) is 12.9. The lowest BCUT2D eigenvalue weighted by Gasteiger charge is -2.12. The molecule has 1 heterocycles. The van der Waals surface area contributed by atoms with Gasteiger partial charge in [0.25, 0.3) is 0 Å². The zero-order valence-corrected chi connectivity index (χ0v) is 16.5. The van der Waals surface area contributed by atoms with Crippen molar-refractivity contribution in [3.05, 3.63) is 46.2 Å². The summed E-state index contributed by atoms with van der Waals surface area (Å²) in [6, 6.07) is 8.96. The van der Waals surface area contributed by atoms with E-state index in [4.69, 9.17) is 0 Å². The molecule has 1 aromatic carbocycles. The molecule has 0 unspecified atom stereocenters. The van der Waals surface area contributed by atoms with Gasteiger partial charge in [-0.05, 0) is 55.3 Å². The van der Waals surface area contributed by atoms with Crippen molar-refractivity contribution in [1.82, 2.24) is 10.6 Å². The van der Waals surface area contributed by atoms with Crippen LogP contribution in [0.2, 0.25) is 0 Å². The van der Waals surface area contributed by atoms with Crippen LogP contribution in [0.5, 0.6) is 0 Å². The second-order valence-corrected chi connectivity index (χ2v) is 7.81. The number of thiophene rings is 1. The predicted molar refractivity (Wildman–Crippen MR) is 111 cm³/mol. The Labute approximate surface area is 167 Å². The number of benzene rings is 1. The van der Waals surface area contributed by atoms with Crippen LogP contribution in [0.3, 0.4) is 0 Å². The van der Waals surface area contributed by atoms with Crippen LogP contribution in [0, 0.1) is 12.8 Å². The molecule has 2 aromatic rings. The standard InChI is InChI=1S/C20H24N4O3S/c1-13-4-7-15(23-19(26)14-5-6-14)11-17(13)22-12-18(25)24-20(27)21-9-8-16-3-2-10-28-16/h2-4,7,10-11,14,22H,5-6,8-9,12H2,1H3,(H,23,26)(H2,21,24,25,27). The molecule has 0 spiro atoms. The lowest BCUT2D eigenvalue weighted by atomic mass is 10.1. The SMILES string of the molecule is Cc1ccc(NC(=O)C2CC2)cc1NCC(=O)NC(=O)NCCc1cccs1. The van der Waals surface area contributed by atoms with Crippen LogP contribution in [0.4, 0.5) is 16.2 Å². The molecule has 1 aromatic heterocycles. The largest absolute Gasteiger partial charge is 0.376 e. The van der Waals surface area contributed by atoms with E-state index in [0.29, 0.717) is 12.2 Å². The number of urea groups is 1. The number of anilines is 2. The summed E-state index contributed by atoms with van der Waals surface area (Å²) in [5.41, 5.74) is 2.37. The fourth-order valence-corrected chi connectivity index (χ4v) is 3.33. The number of carbonyl (C=O) groups excluding carboxylic acids is 3. The van der Waals surface area contributed by atoms with Crippen molar-refractivity contribution < 1.29 is 14.4 Å². The maximum Gasteiger partial charge on any atom is 0.321 e. The van der Waals surface area contributed by atoms with E-state index in [-0.39, 0.29) is 18.4 Å². The van der Waals surface area contributed by atoms with Crippen molar-refractivity contribution >= 4 is 40.6 Å². The summed E-state index contributed by atoms with van der Waals surface area (Å²) in [5, 5.41) is 12.9. The maximum absolute atomic E-state index is 12.0. The van der Waals surface area contributed by atoms with Crippen molar-refractivity contribution in [2.24, 2.45) is 5.92 Å². The molecule has 4 amide bonds. The first-order valence-corrected chi connectivity index (χ1v) is 10.1. The predicted octanol–water partition coefficient (Wildman–Crippen LogP) is 2.89. The molecular formula is C20H24N4O3S. The smallest absolute Gasteiger partial charge is 0.321 e. The van der Waals surface area contributed by atoms with Gasteiger partial charge in [0.2, 0.25) is 11.8 Å². The summed E-state index contributed by atoms with van der Waals surface area (Å²) < 4.78 is 0. The first-order chi connectivity index (χ1) is 13.5. The van der Waals surface area contributed by atoms with Gasteiger partial charge in [-0.15, -0.1) is 11.3 Å². The number of aryl methyl sites for hydroxylation is 1. The molecule has 148 valence electrons. The van der Waals surface area contributed by atoms with Gasteiger partial charge in [-0.1, -0.05) is 12.1 Å². The van der Waals surface area contributed by atoms with Gasteiger partial charge in [0.1, 0.15) is 0 Å². The van der Waals surface area contributed by atoms with Crippen LogP contribution < -0.4 is 21.3 Å². The fraction of sp³-hybridized carbons (Fsp3) is 0.350. The Morgan fingerprint density at radius 1 is 1.18 bits per heavy atom. The van der Waals surface area contributed by atoms with Crippen LogP contribution in [-0.2, 0) is 16.0 Å². The van der Waals surface area contributed by atoms with Gasteiger partial charge in [0.05, 0.1) is 6.54 Å². The first kappa shape index (κ1) is 19.9. The van der Waals surface area contributed by atoms with Crippen molar-refractivity contribution in [2.45, 2.75) is 26.2 Å². The third kappa shape index (κ3) is 6.09.